The average molecular weight is 388 g/mol. The number of nitrogens with zero attached hydrogens (tertiary/aromatic N) is 2. The first-order chi connectivity index (χ1) is 13.4. The highest BCUT2D eigenvalue weighted by atomic mass is 16.4. The molecule has 2 aliphatic heterocycles. The molecule has 0 aromatic heterocycles. The van der Waals surface area contributed by atoms with Gasteiger partial charge in [-0.1, -0.05) is 6.07 Å². The summed E-state index contributed by atoms with van der Waals surface area (Å²) >= 11 is 0. The number of hydrogen-bond donors (Lipinski definition) is 2. The summed E-state index contributed by atoms with van der Waals surface area (Å²) in [7, 11) is 0. The van der Waals surface area contributed by atoms with Gasteiger partial charge in [-0.15, -0.1) is 0 Å². The van der Waals surface area contributed by atoms with E-state index in [1.807, 2.05) is 0 Å². The van der Waals surface area contributed by atoms with Gasteiger partial charge in [-0.3, -0.25) is 19.2 Å². The van der Waals surface area contributed by atoms with Gasteiger partial charge in [0.1, 0.15) is 0 Å². The minimum Gasteiger partial charge on any atom is -0.481 e. The molecule has 28 heavy (non-hydrogen) atoms. The van der Waals surface area contributed by atoms with Crippen molar-refractivity contribution < 1.29 is 29.4 Å². The third kappa shape index (κ3) is 4.32. The van der Waals surface area contributed by atoms with Gasteiger partial charge in [-0.05, 0) is 43.9 Å². The van der Waals surface area contributed by atoms with Crippen molar-refractivity contribution in [3.05, 3.63) is 35.4 Å². The van der Waals surface area contributed by atoms with Crippen LogP contribution in [0, 0.1) is 11.8 Å². The molecule has 3 rings (SSSR count). The first-order valence-electron chi connectivity index (χ1n) is 9.51. The molecule has 2 saturated heterocycles. The van der Waals surface area contributed by atoms with E-state index in [2.05, 4.69) is 0 Å². The lowest BCUT2D eigenvalue weighted by Crippen LogP contribution is -2.41. The van der Waals surface area contributed by atoms with E-state index in [1.165, 1.54) is 0 Å². The molecule has 0 atom stereocenters. The number of carbonyl (C=O) groups is 4. The summed E-state index contributed by atoms with van der Waals surface area (Å²) in [5, 5.41) is 18.1. The monoisotopic (exact) mass is 388 g/mol. The SMILES string of the molecule is O=C(O)C1CCN(C(=O)c2cccc(C(=O)N3CCC(C(=O)O)CC3)c2)CC1. The molecular formula is C20H24N2O6. The quantitative estimate of drug-likeness (QED) is 0.809. The first kappa shape index (κ1) is 19.9. The smallest absolute Gasteiger partial charge is 0.306 e. The zero-order valence-electron chi connectivity index (χ0n) is 15.5. The highest BCUT2D eigenvalue weighted by molar-refractivity contribution is 5.99. The molecule has 0 unspecified atom stereocenters. The molecule has 2 aliphatic rings. The van der Waals surface area contributed by atoms with Crippen molar-refractivity contribution in [2.75, 3.05) is 26.2 Å². The van der Waals surface area contributed by atoms with E-state index in [0.717, 1.165) is 0 Å². The van der Waals surface area contributed by atoms with Gasteiger partial charge in [-0.25, -0.2) is 0 Å². The van der Waals surface area contributed by atoms with Crippen LogP contribution in [0.5, 0.6) is 0 Å². The maximum atomic E-state index is 12.7. The van der Waals surface area contributed by atoms with Crippen molar-refractivity contribution in [2.45, 2.75) is 25.7 Å². The minimum absolute atomic E-state index is 0.205. The third-order valence-corrected chi connectivity index (χ3v) is 5.62. The summed E-state index contributed by atoms with van der Waals surface area (Å²) in [6.07, 6.45) is 1.72. The second kappa shape index (κ2) is 8.41. The molecule has 1 aromatic carbocycles. The lowest BCUT2D eigenvalue weighted by Gasteiger charge is -2.31. The normalized spacial score (nSPS) is 18.7. The standard InChI is InChI=1S/C20H24N2O6/c23-17(21-8-4-13(5-9-21)19(25)26)15-2-1-3-16(12-15)18(24)22-10-6-14(7-11-22)20(27)28/h1-3,12-14H,4-11H2,(H,25,26)(H,27,28). The summed E-state index contributed by atoms with van der Waals surface area (Å²) in [5.41, 5.74) is 0.806. The van der Waals surface area contributed by atoms with Crippen LogP contribution in [0.3, 0.4) is 0 Å². The van der Waals surface area contributed by atoms with E-state index in [0.29, 0.717) is 63.0 Å². The van der Waals surface area contributed by atoms with Gasteiger partial charge in [0.2, 0.25) is 0 Å². The van der Waals surface area contributed by atoms with Crippen LogP contribution < -0.4 is 0 Å². The van der Waals surface area contributed by atoms with E-state index < -0.39 is 23.8 Å². The van der Waals surface area contributed by atoms with Crippen molar-refractivity contribution in [2.24, 2.45) is 11.8 Å². The van der Waals surface area contributed by atoms with Crippen LogP contribution in [0.25, 0.3) is 0 Å². The molecule has 150 valence electrons. The van der Waals surface area contributed by atoms with Crippen molar-refractivity contribution in [1.29, 1.82) is 0 Å². The predicted molar refractivity (Wildman–Crippen MR) is 99.0 cm³/mol. The molecule has 0 radical (unpaired) electrons. The fraction of sp³-hybridized carbons (Fsp3) is 0.500. The Morgan fingerprint density at radius 1 is 0.714 bits per heavy atom. The molecular weight excluding hydrogens is 364 g/mol. The van der Waals surface area contributed by atoms with Crippen molar-refractivity contribution in [3.63, 3.8) is 0 Å². The summed E-state index contributed by atoms with van der Waals surface area (Å²) in [4.78, 5) is 50.8. The number of carboxylic acid groups (broad SMARTS) is 2. The number of piperidine rings is 2. The number of hydrogen-bond acceptors (Lipinski definition) is 4. The molecule has 2 fully saturated rings. The maximum Gasteiger partial charge on any atom is 0.306 e. The average Bonchev–Trinajstić information content (AvgIpc) is 2.73. The second-order valence-corrected chi connectivity index (χ2v) is 7.39. The van der Waals surface area contributed by atoms with Crippen LogP contribution in [0.1, 0.15) is 46.4 Å². The van der Waals surface area contributed by atoms with E-state index in [1.54, 1.807) is 34.1 Å². The number of amides is 2. The fourth-order valence-electron chi connectivity index (χ4n) is 3.81. The molecule has 2 amide bonds. The molecule has 1 aromatic rings. The van der Waals surface area contributed by atoms with E-state index in [4.69, 9.17) is 10.2 Å². The summed E-state index contributed by atoms with van der Waals surface area (Å²) in [6.45, 7) is 1.54. The molecule has 2 heterocycles. The van der Waals surface area contributed by atoms with Gasteiger partial charge in [0.25, 0.3) is 11.8 Å². The largest absolute Gasteiger partial charge is 0.481 e. The van der Waals surface area contributed by atoms with Gasteiger partial charge in [0, 0.05) is 37.3 Å². The fourth-order valence-corrected chi connectivity index (χ4v) is 3.81. The Morgan fingerprint density at radius 2 is 1.07 bits per heavy atom. The second-order valence-electron chi connectivity index (χ2n) is 7.39. The zero-order chi connectivity index (χ0) is 20.3. The summed E-state index contributed by atoms with van der Waals surface area (Å²) in [6, 6.07) is 6.53. The minimum atomic E-state index is -0.827. The molecule has 2 N–H and O–H groups in total. The Kier molecular flexibility index (Phi) is 5.96. The topological polar surface area (TPSA) is 115 Å². The van der Waals surface area contributed by atoms with Gasteiger partial charge in [0.15, 0.2) is 0 Å². The van der Waals surface area contributed by atoms with Crippen LogP contribution in [-0.2, 0) is 9.59 Å². The van der Waals surface area contributed by atoms with E-state index in [9.17, 15) is 19.2 Å². The predicted octanol–water partition coefficient (Wildman–Crippen LogP) is 1.56. The van der Waals surface area contributed by atoms with Gasteiger partial charge < -0.3 is 20.0 Å². The van der Waals surface area contributed by atoms with Gasteiger partial charge >= 0.3 is 11.9 Å². The van der Waals surface area contributed by atoms with Crippen molar-refractivity contribution in [1.82, 2.24) is 9.80 Å². The summed E-state index contributed by atoms with van der Waals surface area (Å²) < 4.78 is 0. The lowest BCUT2D eigenvalue weighted by atomic mass is 9.96. The Labute approximate surface area is 162 Å². The Bertz CT molecular complexity index is 715. The van der Waals surface area contributed by atoms with Crippen LogP contribution in [0.15, 0.2) is 24.3 Å². The van der Waals surface area contributed by atoms with Gasteiger partial charge in [0.05, 0.1) is 11.8 Å². The molecule has 8 nitrogen and oxygen atoms in total. The van der Waals surface area contributed by atoms with Crippen LogP contribution in [0.2, 0.25) is 0 Å². The number of aliphatic carboxylic acids is 2. The number of likely N-dealkylation sites (tertiary alicyclic amines) is 2. The number of benzene rings is 1. The Balaban J connectivity index is 1.64. The zero-order valence-corrected chi connectivity index (χ0v) is 15.5. The molecule has 0 bridgehead atoms. The van der Waals surface area contributed by atoms with E-state index >= 15 is 0 Å². The van der Waals surface area contributed by atoms with Crippen molar-refractivity contribution in [3.8, 4) is 0 Å². The first-order valence-corrected chi connectivity index (χ1v) is 9.51. The Morgan fingerprint density at radius 3 is 1.39 bits per heavy atom. The lowest BCUT2D eigenvalue weighted by molar-refractivity contribution is -0.144. The number of carbonyl (C=O) groups excluding carboxylic acids is 2. The summed E-state index contributed by atoms with van der Waals surface area (Å²) in [5.74, 6) is -2.89. The molecule has 8 heteroatoms. The number of carboxylic acids is 2. The van der Waals surface area contributed by atoms with E-state index in [-0.39, 0.29) is 11.8 Å². The van der Waals surface area contributed by atoms with Gasteiger partial charge in [-0.2, -0.15) is 0 Å². The van der Waals surface area contributed by atoms with Crippen LogP contribution >= 0.6 is 0 Å². The molecule has 0 spiro atoms. The Hall–Kier alpha value is -2.90. The molecule has 0 saturated carbocycles. The molecule has 0 aliphatic carbocycles. The third-order valence-electron chi connectivity index (χ3n) is 5.62. The van der Waals surface area contributed by atoms with Crippen molar-refractivity contribution >= 4 is 23.8 Å². The highest BCUT2D eigenvalue weighted by Gasteiger charge is 2.29. The van der Waals surface area contributed by atoms with Crippen LogP contribution in [0.4, 0.5) is 0 Å². The number of rotatable bonds is 4. The van der Waals surface area contributed by atoms with Crippen LogP contribution in [-0.4, -0.2) is 69.9 Å². The maximum absolute atomic E-state index is 12.7. The highest BCUT2D eigenvalue weighted by Crippen LogP contribution is 2.22.